The second-order valence-electron chi connectivity index (χ2n) is 5.90. The SMILES string of the molecule is O=C(NCCCNC(=O)c1sccc1C1CC1)c1cccc(O)c1. The monoisotopic (exact) mass is 344 g/mol. The molecule has 0 unspecified atom stereocenters. The lowest BCUT2D eigenvalue weighted by Gasteiger charge is -2.07. The second kappa shape index (κ2) is 7.49. The van der Waals surface area contributed by atoms with Crippen molar-refractivity contribution in [3.63, 3.8) is 0 Å². The Labute approximate surface area is 144 Å². The van der Waals surface area contributed by atoms with Gasteiger partial charge in [0.25, 0.3) is 11.8 Å². The maximum absolute atomic E-state index is 12.2. The van der Waals surface area contributed by atoms with Crippen molar-refractivity contribution in [2.75, 3.05) is 13.1 Å². The van der Waals surface area contributed by atoms with Crippen LogP contribution in [0.5, 0.6) is 5.75 Å². The molecule has 2 aromatic rings. The molecule has 24 heavy (non-hydrogen) atoms. The van der Waals surface area contributed by atoms with Gasteiger partial charge < -0.3 is 15.7 Å². The van der Waals surface area contributed by atoms with E-state index < -0.39 is 0 Å². The molecule has 1 fully saturated rings. The van der Waals surface area contributed by atoms with Gasteiger partial charge in [0.05, 0.1) is 4.88 Å². The molecule has 3 N–H and O–H groups in total. The zero-order chi connectivity index (χ0) is 16.9. The van der Waals surface area contributed by atoms with E-state index in [0.717, 1.165) is 4.88 Å². The molecule has 0 saturated heterocycles. The fraction of sp³-hybridized carbons (Fsp3) is 0.333. The number of amides is 2. The van der Waals surface area contributed by atoms with Crippen molar-refractivity contribution in [1.29, 1.82) is 0 Å². The first kappa shape index (κ1) is 16.5. The van der Waals surface area contributed by atoms with Crippen LogP contribution in [0.2, 0.25) is 0 Å². The molecule has 0 bridgehead atoms. The Balaban J connectivity index is 1.38. The predicted octanol–water partition coefficient (Wildman–Crippen LogP) is 2.88. The fourth-order valence-electron chi connectivity index (χ4n) is 2.54. The summed E-state index contributed by atoms with van der Waals surface area (Å²) < 4.78 is 0. The number of carbonyl (C=O) groups is 2. The summed E-state index contributed by atoms with van der Waals surface area (Å²) >= 11 is 1.49. The van der Waals surface area contributed by atoms with Crippen molar-refractivity contribution < 1.29 is 14.7 Å². The standard InChI is InChI=1S/C18H20N2O3S/c21-14-4-1-3-13(11-14)17(22)19-8-2-9-20-18(23)16-15(7-10-24-16)12-5-6-12/h1,3-4,7,10-12,21H,2,5-6,8-9H2,(H,19,22)(H,20,23). The first-order valence-electron chi connectivity index (χ1n) is 8.08. The van der Waals surface area contributed by atoms with Gasteiger partial charge in [-0.1, -0.05) is 6.07 Å². The average Bonchev–Trinajstić information content (AvgIpc) is 3.30. The van der Waals surface area contributed by atoms with Gasteiger partial charge in [-0.2, -0.15) is 0 Å². The second-order valence-corrected chi connectivity index (χ2v) is 6.81. The van der Waals surface area contributed by atoms with E-state index in [-0.39, 0.29) is 17.6 Å². The van der Waals surface area contributed by atoms with E-state index in [9.17, 15) is 14.7 Å². The van der Waals surface area contributed by atoms with E-state index in [1.54, 1.807) is 12.1 Å². The molecule has 3 rings (SSSR count). The third kappa shape index (κ3) is 4.14. The van der Waals surface area contributed by atoms with Gasteiger partial charge in [0.2, 0.25) is 0 Å². The van der Waals surface area contributed by atoms with Crippen molar-refractivity contribution >= 4 is 23.2 Å². The van der Waals surface area contributed by atoms with Crippen LogP contribution in [0, 0.1) is 0 Å². The zero-order valence-electron chi connectivity index (χ0n) is 13.2. The van der Waals surface area contributed by atoms with Crippen molar-refractivity contribution in [2.45, 2.75) is 25.2 Å². The minimum absolute atomic E-state index is 0.0220. The van der Waals surface area contributed by atoms with Gasteiger partial charge in [0.1, 0.15) is 5.75 Å². The Bertz CT molecular complexity index is 737. The van der Waals surface area contributed by atoms with E-state index in [0.29, 0.717) is 31.0 Å². The van der Waals surface area contributed by atoms with Crippen LogP contribution in [0.15, 0.2) is 35.7 Å². The Hall–Kier alpha value is -2.34. The van der Waals surface area contributed by atoms with Crippen molar-refractivity contribution in [3.05, 3.63) is 51.7 Å². The predicted molar refractivity (Wildman–Crippen MR) is 93.7 cm³/mol. The largest absolute Gasteiger partial charge is 0.508 e. The van der Waals surface area contributed by atoms with Crippen LogP contribution in [0.4, 0.5) is 0 Å². The highest BCUT2D eigenvalue weighted by atomic mass is 32.1. The van der Waals surface area contributed by atoms with Gasteiger partial charge in [-0.05, 0) is 60.4 Å². The number of phenols is 1. The minimum Gasteiger partial charge on any atom is -0.508 e. The van der Waals surface area contributed by atoms with Crippen LogP contribution in [-0.4, -0.2) is 30.0 Å². The molecule has 1 aliphatic rings. The molecule has 0 aliphatic heterocycles. The first-order valence-corrected chi connectivity index (χ1v) is 8.96. The lowest BCUT2D eigenvalue weighted by molar-refractivity contribution is 0.0952. The summed E-state index contributed by atoms with van der Waals surface area (Å²) in [7, 11) is 0. The number of phenolic OH excluding ortho intramolecular Hbond substituents is 1. The number of aromatic hydroxyl groups is 1. The lowest BCUT2D eigenvalue weighted by atomic mass is 10.1. The van der Waals surface area contributed by atoms with Gasteiger partial charge in [-0.25, -0.2) is 0 Å². The number of thiophene rings is 1. The average molecular weight is 344 g/mol. The molecule has 1 aromatic carbocycles. The zero-order valence-corrected chi connectivity index (χ0v) is 14.1. The Morgan fingerprint density at radius 3 is 2.58 bits per heavy atom. The van der Waals surface area contributed by atoms with Crippen molar-refractivity contribution in [3.8, 4) is 5.75 Å². The molecule has 0 atom stereocenters. The van der Waals surface area contributed by atoms with Gasteiger partial charge in [0.15, 0.2) is 0 Å². The number of hydrogen-bond acceptors (Lipinski definition) is 4. The number of carbonyl (C=O) groups excluding carboxylic acids is 2. The highest BCUT2D eigenvalue weighted by molar-refractivity contribution is 7.12. The summed E-state index contributed by atoms with van der Waals surface area (Å²) in [5, 5.41) is 17.0. The molecule has 0 spiro atoms. The number of benzene rings is 1. The Morgan fingerprint density at radius 2 is 1.88 bits per heavy atom. The van der Waals surface area contributed by atoms with Crippen LogP contribution >= 0.6 is 11.3 Å². The number of rotatable bonds is 7. The maximum atomic E-state index is 12.2. The molecular formula is C18H20N2O3S. The van der Waals surface area contributed by atoms with E-state index in [1.807, 2.05) is 11.4 Å². The number of nitrogens with one attached hydrogen (secondary N) is 2. The fourth-order valence-corrected chi connectivity index (χ4v) is 3.44. The molecule has 1 saturated carbocycles. The van der Waals surface area contributed by atoms with Gasteiger partial charge in [-0.3, -0.25) is 9.59 Å². The number of hydrogen-bond donors (Lipinski definition) is 3. The summed E-state index contributed by atoms with van der Waals surface area (Å²) in [6.45, 7) is 0.982. The normalized spacial score (nSPS) is 13.5. The first-order chi connectivity index (χ1) is 11.6. The molecule has 1 aliphatic carbocycles. The van der Waals surface area contributed by atoms with E-state index >= 15 is 0 Å². The molecule has 6 heteroatoms. The van der Waals surface area contributed by atoms with E-state index in [2.05, 4.69) is 10.6 Å². The van der Waals surface area contributed by atoms with Crippen LogP contribution in [0.3, 0.4) is 0 Å². The van der Waals surface area contributed by atoms with Crippen molar-refractivity contribution in [2.24, 2.45) is 0 Å². The smallest absolute Gasteiger partial charge is 0.261 e. The quantitative estimate of drug-likeness (QED) is 0.676. The third-order valence-electron chi connectivity index (χ3n) is 3.95. The molecule has 5 nitrogen and oxygen atoms in total. The summed E-state index contributed by atoms with van der Waals surface area (Å²) in [6.07, 6.45) is 3.01. The van der Waals surface area contributed by atoms with Crippen LogP contribution in [0.25, 0.3) is 0 Å². The summed E-state index contributed by atoms with van der Waals surface area (Å²) in [6, 6.07) is 8.27. The molecular weight excluding hydrogens is 324 g/mol. The maximum Gasteiger partial charge on any atom is 0.261 e. The molecule has 126 valence electrons. The highest BCUT2D eigenvalue weighted by Crippen LogP contribution is 2.43. The summed E-state index contributed by atoms with van der Waals surface area (Å²) in [4.78, 5) is 24.9. The van der Waals surface area contributed by atoms with Gasteiger partial charge in [-0.15, -0.1) is 11.3 Å². The topological polar surface area (TPSA) is 78.4 Å². The van der Waals surface area contributed by atoms with Crippen molar-refractivity contribution in [1.82, 2.24) is 10.6 Å². The minimum atomic E-state index is -0.230. The van der Waals surface area contributed by atoms with Crippen LogP contribution in [0.1, 0.15) is 50.8 Å². The Morgan fingerprint density at radius 1 is 1.12 bits per heavy atom. The van der Waals surface area contributed by atoms with Gasteiger partial charge in [0, 0.05) is 18.7 Å². The van der Waals surface area contributed by atoms with E-state index in [4.69, 9.17) is 0 Å². The highest BCUT2D eigenvalue weighted by Gasteiger charge is 2.28. The van der Waals surface area contributed by atoms with E-state index in [1.165, 1.54) is 41.9 Å². The molecule has 1 heterocycles. The van der Waals surface area contributed by atoms with Crippen LogP contribution in [-0.2, 0) is 0 Å². The summed E-state index contributed by atoms with van der Waals surface area (Å²) in [5.74, 6) is 0.383. The van der Waals surface area contributed by atoms with Crippen LogP contribution < -0.4 is 10.6 Å². The molecule has 2 amide bonds. The Kier molecular flexibility index (Phi) is 5.15. The summed E-state index contributed by atoms with van der Waals surface area (Å²) in [5.41, 5.74) is 1.60. The lowest BCUT2D eigenvalue weighted by Crippen LogP contribution is -2.29. The third-order valence-corrected chi connectivity index (χ3v) is 4.88. The van der Waals surface area contributed by atoms with Gasteiger partial charge >= 0.3 is 0 Å². The molecule has 0 radical (unpaired) electrons. The molecule has 1 aromatic heterocycles.